The van der Waals surface area contributed by atoms with Gasteiger partial charge in [0.25, 0.3) is 5.91 Å². The number of nitrogens with zero attached hydrogens (tertiary/aromatic N) is 1. The minimum absolute atomic E-state index is 0.0734. The molecule has 1 unspecified atom stereocenters. The molecule has 1 atom stereocenters. The SMILES string of the molecule is CCOC(=O)CN(C(=O)C1COCCO1)C(C)(C)C. The van der Waals surface area contributed by atoms with Gasteiger partial charge in [0, 0.05) is 5.54 Å². The molecule has 1 saturated heterocycles. The van der Waals surface area contributed by atoms with Crippen LogP contribution in [0.3, 0.4) is 0 Å². The van der Waals surface area contributed by atoms with Gasteiger partial charge in [0.05, 0.1) is 26.4 Å². The molecule has 0 N–H and O–H groups in total. The molecule has 110 valence electrons. The summed E-state index contributed by atoms with van der Waals surface area (Å²) in [4.78, 5) is 25.5. The number of esters is 1. The van der Waals surface area contributed by atoms with Crippen LogP contribution in [0.25, 0.3) is 0 Å². The van der Waals surface area contributed by atoms with Gasteiger partial charge < -0.3 is 19.1 Å². The lowest BCUT2D eigenvalue weighted by molar-refractivity contribution is -0.167. The average molecular weight is 273 g/mol. The molecule has 1 fully saturated rings. The van der Waals surface area contributed by atoms with Gasteiger partial charge in [0.15, 0.2) is 6.10 Å². The van der Waals surface area contributed by atoms with E-state index in [1.54, 1.807) is 6.92 Å². The van der Waals surface area contributed by atoms with Gasteiger partial charge in [-0.3, -0.25) is 9.59 Å². The molecule has 0 aromatic rings. The van der Waals surface area contributed by atoms with E-state index in [2.05, 4.69) is 0 Å². The second-order valence-electron chi connectivity index (χ2n) is 5.33. The van der Waals surface area contributed by atoms with Crippen LogP contribution in [0.4, 0.5) is 0 Å². The monoisotopic (exact) mass is 273 g/mol. The van der Waals surface area contributed by atoms with Crippen LogP contribution in [0, 0.1) is 0 Å². The molecular weight excluding hydrogens is 250 g/mol. The van der Waals surface area contributed by atoms with Crippen LogP contribution >= 0.6 is 0 Å². The fraction of sp³-hybridized carbons (Fsp3) is 0.846. The lowest BCUT2D eigenvalue weighted by atomic mass is 10.0. The molecule has 6 heteroatoms. The topological polar surface area (TPSA) is 65.1 Å². The van der Waals surface area contributed by atoms with E-state index in [-0.39, 0.29) is 19.1 Å². The smallest absolute Gasteiger partial charge is 0.325 e. The van der Waals surface area contributed by atoms with Gasteiger partial charge in [-0.1, -0.05) is 0 Å². The zero-order valence-electron chi connectivity index (χ0n) is 12.1. The molecule has 19 heavy (non-hydrogen) atoms. The number of carbonyl (C=O) groups excluding carboxylic acids is 2. The molecular formula is C13H23NO5. The average Bonchev–Trinajstić information content (AvgIpc) is 2.35. The Bertz CT molecular complexity index is 317. The number of carbonyl (C=O) groups is 2. The summed E-state index contributed by atoms with van der Waals surface area (Å²) in [6.45, 7) is 8.69. The summed E-state index contributed by atoms with van der Waals surface area (Å²) in [5, 5.41) is 0. The normalized spacial score (nSPS) is 19.9. The van der Waals surface area contributed by atoms with Crippen molar-refractivity contribution in [3.8, 4) is 0 Å². The summed E-state index contributed by atoms with van der Waals surface area (Å²) in [5.74, 6) is -0.650. The number of ether oxygens (including phenoxy) is 3. The molecule has 1 amide bonds. The predicted octanol–water partition coefficient (Wildman–Crippen LogP) is 0.592. The van der Waals surface area contributed by atoms with Crippen molar-refractivity contribution in [2.75, 3.05) is 33.0 Å². The van der Waals surface area contributed by atoms with Crippen molar-refractivity contribution < 1.29 is 23.8 Å². The summed E-state index contributed by atoms with van der Waals surface area (Å²) in [6.07, 6.45) is -0.637. The second kappa shape index (κ2) is 6.86. The number of hydrogen-bond donors (Lipinski definition) is 0. The van der Waals surface area contributed by atoms with Crippen molar-refractivity contribution in [1.29, 1.82) is 0 Å². The van der Waals surface area contributed by atoms with Crippen LogP contribution in [0.2, 0.25) is 0 Å². The molecule has 1 aliphatic heterocycles. The van der Waals surface area contributed by atoms with E-state index in [0.29, 0.717) is 19.8 Å². The van der Waals surface area contributed by atoms with Crippen LogP contribution in [0.5, 0.6) is 0 Å². The predicted molar refractivity (Wildman–Crippen MR) is 68.7 cm³/mol. The van der Waals surface area contributed by atoms with Gasteiger partial charge in [0.1, 0.15) is 6.54 Å². The Morgan fingerprint density at radius 2 is 2.00 bits per heavy atom. The molecule has 0 radical (unpaired) electrons. The van der Waals surface area contributed by atoms with Gasteiger partial charge in [-0.05, 0) is 27.7 Å². The van der Waals surface area contributed by atoms with Crippen molar-refractivity contribution >= 4 is 11.9 Å². The number of rotatable bonds is 4. The Hall–Kier alpha value is -1.14. The Balaban J connectivity index is 2.72. The summed E-state index contributed by atoms with van der Waals surface area (Å²) < 4.78 is 15.5. The van der Waals surface area contributed by atoms with E-state index in [4.69, 9.17) is 14.2 Å². The van der Waals surface area contributed by atoms with Crippen LogP contribution in [-0.4, -0.2) is 61.4 Å². The number of hydrogen-bond acceptors (Lipinski definition) is 5. The lowest BCUT2D eigenvalue weighted by Crippen LogP contribution is -2.54. The first-order valence-electron chi connectivity index (χ1n) is 6.52. The van der Waals surface area contributed by atoms with Gasteiger partial charge >= 0.3 is 5.97 Å². The minimum Gasteiger partial charge on any atom is -0.465 e. The van der Waals surface area contributed by atoms with Crippen molar-refractivity contribution in [2.45, 2.75) is 39.3 Å². The highest BCUT2D eigenvalue weighted by atomic mass is 16.6. The van der Waals surface area contributed by atoms with Crippen molar-refractivity contribution in [3.05, 3.63) is 0 Å². The zero-order chi connectivity index (χ0) is 14.5. The Morgan fingerprint density at radius 3 is 2.47 bits per heavy atom. The van der Waals surface area contributed by atoms with Gasteiger partial charge in [-0.25, -0.2) is 0 Å². The van der Waals surface area contributed by atoms with Crippen LogP contribution < -0.4 is 0 Å². The standard InChI is InChI=1S/C13H23NO5/c1-5-18-11(15)8-14(13(2,3)4)12(16)10-9-17-6-7-19-10/h10H,5-9H2,1-4H3. The fourth-order valence-electron chi connectivity index (χ4n) is 1.79. The third kappa shape index (κ3) is 4.80. The Morgan fingerprint density at radius 1 is 1.32 bits per heavy atom. The third-order valence-corrected chi connectivity index (χ3v) is 2.76. The van der Waals surface area contributed by atoms with Crippen molar-refractivity contribution in [2.24, 2.45) is 0 Å². The molecule has 1 aliphatic rings. The van der Waals surface area contributed by atoms with E-state index >= 15 is 0 Å². The summed E-state index contributed by atoms with van der Waals surface area (Å²) in [6, 6.07) is 0. The number of amides is 1. The van der Waals surface area contributed by atoms with E-state index in [0.717, 1.165) is 0 Å². The molecule has 1 heterocycles. The molecule has 0 spiro atoms. The van der Waals surface area contributed by atoms with Gasteiger partial charge in [-0.15, -0.1) is 0 Å². The molecule has 0 saturated carbocycles. The van der Waals surface area contributed by atoms with Crippen LogP contribution in [-0.2, 0) is 23.8 Å². The summed E-state index contributed by atoms with van der Waals surface area (Å²) >= 11 is 0. The quantitative estimate of drug-likeness (QED) is 0.701. The highest BCUT2D eigenvalue weighted by molar-refractivity contribution is 5.86. The molecule has 0 aromatic heterocycles. The minimum atomic E-state index is -0.637. The first-order valence-corrected chi connectivity index (χ1v) is 6.52. The first-order chi connectivity index (χ1) is 8.86. The Labute approximate surface area is 114 Å². The van der Waals surface area contributed by atoms with E-state index < -0.39 is 17.6 Å². The fourth-order valence-corrected chi connectivity index (χ4v) is 1.79. The molecule has 6 nitrogen and oxygen atoms in total. The van der Waals surface area contributed by atoms with Crippen molar-refractivity contribution in [3.63, 3.8) is 0 Å². The van der Waals surface area contributed by atoms with Gasteiger partial charge in [-0.2, -0.15) is 0 Å². The largest absolute Gasteiger partial charge is 0.465 e. The third-order valence-electron chi connectivity index (χ3n) is 2.76. The second-order valence-corrected chi connectivity index (χ2v) is 5.33. The van der Waals surface area contributed by atoms with Crippen LogP contribution in [0.15, 0.2) is 0 Å². The Kier molecular flexibility index (Phi) is 5.75. The van der Waals surface area contributed by atoms with Crippen LogP contribution in [0.1, 0.15) is 27.7 Å². The maximum Gasteiger partial charge on any atom is 0.325 e. The molecule has 0 bridgehead atoms. The first kappa shape index (κ1) is 15.9. The highest BCUT2D eigenvalue weighted by Gasteiger charge is 2.35. The molecule has 0 aliphatic carbocycles. The van der Waals surface area contributed by atoms with Crippen molar-refractivity contribution in [1.82, 2.24) is 4.90 Å². The van der Waals surface area contributed by atoms with E-state index in [1.165, 1.54) is 4.90 Å². The molecule has 1 rings (SSSR count). The maximum atomic E-state index is 12.4. The van der Waals surface area contributed by atoms with E-state index in [1.807, 2.05) is 20.8 Å². The van der Waals surface area contributed by atoms with E-state index in [9.17, 15) is 9.59 Å². The van der Waals surface area contributed by atoms with Gasteiger partial charge in [0.2, 0.25) is 0 Å². The highest BCUT2D eigenvalue weighted by Crippen LogP contribution is 2.17. The maximum absolute atomic E-state index is 12.4. The summed E-state index contributed by atoms with van der Waals surface area (Å²) in [7, 11) is 0. The zero-order valence-corrected chi connectivity index (χ0v) is 12.1. The summed E-state index contributed by atoms with van der Waals surface area (Å²) in [5.41, 5.74) is -0.481. The lowest BCUT2D eigenvalue weighted by Gasteiger charge is -2.37. The molecule has 0 aromatic carbocycles.